The molecular weight excluding hydrogens is 485 g/mol. The lowest BCUT2D eigenvalue weighted by atomic mass is 9.76. The number of carbonyl (C=O) groups is 3. The Bertz CT molecular complexity index is 1310. The molecule has 0 spiro atoms. The number of hydrogen-bond donors (Lipinski definition) is 1. The minimum atomic E-state index is -1.14. The second-order valence-corrected chi connectivity index (χ2v) is 11.0. The number of likely N-dealkylation sites (tertiary alicyclic amines) is 1. The van der Waals surface area contributed by atoms with Gasteiger partial charge in [0, 0.05) is 30.2 Å². The van der Waals surface area contributed by atoms with Gasteiger partial charge in [-0.3, -0.25) is 14.0 Å². The van der Waals surface area contributed by atoms with Crippen LogP contribution in [0.5, 0.6) is 0 Å². The highest BCUT2D eigenvalue weighted by Crippen LogP contribution is 2.39. The molecule has 0 bridgehead atoms. The van der Waals surface area contributed by atoms with Gasteiger partial charge in [0.15, 0.2) is 5.78 Å². The van der Waals surface area contributed by atoms with E-state index >= 15 is 0 Å². The zero-order valence-electron chi connectivity index (χ0n) is 21.6. The van der Waals surface area contributed by atoms with Crippen LogP contribution in [0.1, 0.15) is 66.6 Å². The van der Waals surface area contributed by atoms with Gasteiger partial charge in [-0.25, -0.2) is 4.79 Å². The third kappa shape index (κ3) is 5.24. The molecule has 2 heterocycles. The smallest absolute Gasteiger partial charge is 0.371 e. The van der Waals surface area contributed by atoms with Crippen molar-refractivity contribution in [2.45, 2.75) is 57.4 Å². The molecular formula is C31H34FNO5. The minimum Gasteiger partial charge on any atom is -0.475 e. The molecule has 2 aromatic carbocycles. The fraction of sp³-hybridized carbons (Fsp3) is 0.452. The summed E-state index contributed by atoms with van der Waals surface area (Å²) >= 11 is 0. The number of fused-ring (bicyclic) bond motifs is 1. The summed E-state index contributed by atoms with van der Waals surface area (Å²) in [7, 11) is 0. The average molecular weight is 520 g/mol. The van der Waals surface area contributed by atoms with E-state index in [1.165, 1.54) is 6.07 Å². The first-order valence-electron chi connectivity index (χ1n) is 13.6. The molecule has 1 saturated carbocycles. The summed E-state index contributed by atoms with van der Waals surface area (Å²) in [5, 5.41) is 9.85. The maximum Gasteiger partial charge on any atom is 0.371 e. The van der Waals surface area contributed by atoms with Gasteiger partial charge in [0.25, 0.3) is 0 Å². The lowest BCUT2D eigenvalue weighted by Gasteiger charge is -2.35. The molecule has 1 unspecified atom stereocenters. The predicted octanol–water partition coefficient (Wildman–Crippen LogP) is 6.04. The van der Waals surface area contributed by atoms with Gasteiger partial charge in [-0.2, -0.15) is 0 Å². The van der Waals surface area contributed by atoms with Gasteiger partial charge in [-0.1, -0.05) is 43.3 Å². The fourth-order valence-corrected chi connectivity index (χ4v) is 6.40. The second kappa shape index (κ2) is 11.1. The van der Waals surface area contributed by atoms with Crippen molar-refractivity contribution in [3.8, 4) is 0 Å². The minimum absolute atomic E-state index is 0.0220. The van der Waals surface area contributed by atoms with Crippen molar-refractivity contribution in [2.24, 2.45) is 17.8 Å². The van der Waals surface area contributed by atoms with Crippen molar-refractivity contribution in [3.63, 3.8) is 0 Å². The summed E-state index contributed by atoms with van der Waals surface area (Å²) in [6.45, 7) is 2.15. The van der Waals surface area contributed by atoms with Crippen LogP contribution in [0.4, 0.5) is 4.39 Å². The second-order valence-electron chi connectivity index (χ2n) is 11.0. The number of carboxylic acids is 1. The van der Waals surface area contributed by atoms with Crippen LogP contribution in [0.15, 0.2) is 59.0 Å². The van der Waals surface area contributed by atoms with Crippen molar-refractivity contribution in [2.75, 3.05) is 13.2 Å². The van der Waals surface area contributed by atoms with E-state index in [9.17, 15) is 23.9 Å². The molecule has 200 valence electrons. The molecule has 5 rings (SSSR count). The number of carbonyl (C=O) groups excluding carboxylic acids is 2. The Morgan fingerprint density at radius 3 is 2.45 bits per heavy atom. The Hall–Kier alpha value is -3.48. The van der Waals surface area contributed by atoms with Crippen LogP contribution in [0.25, 0.3) is 11.0 Å². The third-order valence-corrected chi connectivity index (χ3v) is 8.58. The Morgan fingerprint density at radius 2 is 1.76 bits per heavy atom. The fourth-order valence-electron chi connectivity index (χ4n) is 6.40. The van der Waals surface area contributed by atoms with Crippen molar-refractivity contribution in [3.05, 3.63) is 71.5 Å². The van der Waals surface area contributed by atoms with Crippen LogP contribution in [0.3, 0.4) is 0 Å². The molecule has 3 aromatic rings. The van der Waals surface area contributed by atoms with Gasteiger partial charge in [0.05, 0.1) is 12.7 Å². The molecule has 7 heteroatoms. The molecule has 1 saturated heterocycles. The first-order chi connectivity index (χ1) is 18.4. The summed E-state index contributed by atoms with van der Waals surface area (Å²) in [6.07, 6.45) is 4.04. The lowest BCUT2D eigenvalue weighted by molar-refractivity contribution is -0.142. The van der Waals surface area contributed by atoms with E-state index in [-0.39, 0.29) is 48.3 Å². The van der Waals surface area contributed by atoms with Crippen LogP contribution in [-0.2, 0) is 16.0 Å². The Morgan fingerprint density at radius 1 is 1.03 bits per heavy atom. The van der Waals surface area contributed by atoms with Crippen molar-refractivity contribution in [1.82, 2.24) is 4.90 Å². The molecule has 6 nitrogen and oxygen atoms in total. The van der Waals surface area contributed by atoms with Crippen LogP contribution < -0.4 is 0 Å². The summed E-state index contributed by atoms with van der Waals surface area (Å²) in [6, 6.07) is 16.1. The SMILES string of the molecule is CC(CF)C1CCC(C(=O)N2CC[C@@H](c3ccccc3)[C@H]2C(=O)Cc2ccc3oc(C(=O)O)cc3c2)CC1. The van der Waals surface area contributed by atoms with Gasteiger partial charge in [-0.05, 0) is 73.3 Å². The Balaban J connectivity index is 1.37. The first kappa shape index (κ1) is 26.1. The molecule has 1 aliphatic carbocycles. The molecule has 38 heavy (non-hydrogen) atoms. The van der Waals surface area contributed by atoms with Crippen molar-refractivity contribution >= 4 is 28.6 Å². The number of alkyl halides is 1. The molecule has 1 aromatic heterocycles. The largest absolute Gasteiger partial charge is 0.475 e. The van der Waals surface area contributed by atoms with E-state index in [4.69, 9.17) is 4.42 Å². The van der Waals surface area contributed by atoms with E-state index in [1.807, 2.05) is 42.2 Å². The number of hydrogen-bond acceptors (Lipinski definition) is 4. The topological polar surface area (TPSA) is 87.8 Å². The molecule has 3 atom stereocenters. The average Bonchev–Trinajstić information content (AvgIpc) is 3.58. The number of carboxylic acid groups (broad SMARTS) is 1. The number of halogens is 1. The highest BCUT2D eigenvalue weighted by Gasteiger charge is 2.44. The normalized spacial score (nSPS) is 24.4. The number of ketones is 1. The predicted molar refractivity (Wildman–Crippen MR) is 142 cm³/mol. The highest BCUT2D eigenvalue weighted by molar-refractivity contribution is 5.94. The van der Waals surface area contributed by atoms with E-state index in [0.29, 0.717) is 23.4 Å². The van der Waals surface area contributed by atoms with Gasteiger partial charge in [-0.15, -0.1) is 0 Å². The summed E-state index contributed by atoms with van der Waals surface area (Å²) in [5.74, 6) is -1.12. The number of nitrogens with zero attached hydrogens (tertiary/aromatic N) is 1. The highest BCUT2D eigenvalue weighted by atomic mass is 19.1. The van der Waals surface area contributed by atoms with Crippen LogP contribution in [0, 0.1) is 17.8 Å². The Kier molecular flexibility index (Phi) is 7.63. The summed E-state index contributed by atoms with van der Waals surface area (Å²) in [4.78, 5) is 40.7. The Labute approximate surface area is 221 Å². The van der Waals surface area contributed by atoms with Gasteiger partial charge in [0.2, 0.25) is 11.7 Å². The van der Waals surface area contributed by atoms with E-state index in [2.05, 4.69) is 0 Å². The number of rotatable bonds is 8. The number of aromatic carboxylic acids is 1. The summed E-state index contributed by atoms with van der Waals surface area (Å²) in [5.41, 5.74) is 2.26. The van der Waals surface area contributed by atoms with Gasteiger partial charge in [0.1, 0.15) is 5.58 Å². The quantitative estimate of drug-likeness (QED) is 0.392. The first-order valence-corrected chi connectivity index (χ1v) is 13.6. The van der Waals surface area contributed by atoms with E-state index in [1.54, 1.807) is 18.2 Å². The molecule has 1 aliphatic heterocycles. The lowest BCUT2D eigenvalue weighted by Crippen LogP contribution is -2.46. The van der Waals surface area contributed by atoms with Crippen LogP contribution >= 0.6 is 0 Å². The zero-order valence-corrected chi connectivity index (χ0v) is 21.6. The van der Waals surface area contributed by atoms with Gasteiger partial charge >= 0.3 is 5.97 Å². The zero-order chi connectivity index (χ0) is 26.8. The monoisotopic (exact) mass is 519 g/mol. The summed E-state index contributed by atoms with van der Waals surface area (Å²) < 4.78 is 18.5. The van der Waals surface area contributed by atoms with E-state index < -0.39 is 12.0 Å². The standard InChI is InChI=1S/C31H34FNO5/c1-19(18-32)21-8-10-23(11-9-21)30(35)33-14-13-25(22-5-3-2-4-6-22)29(33)26(34)16-20-7-12-27-24(15-20)17-28(38-27)31(36)37/h2-7,12,15,17,19,21,23,25,29H,8-11,13-14,16,18H2,1H3,(H,36,37)/t19?,21?,23?,25-,29-/m0/s1. The maximum absolute atomic E-state index is 13.9. The number of amides is 1. The third-order valence-electron chi connectivity index (χ3n) is 8.58. The molecule has 2 fully saturated rings. The molecule has 0 radical (unpaired) electrons. The van der Waals surface area contributed by atoms with Crippen molar-refractivity contribution in [1.29, 1.82) is 0 Å². The molecule has 1 N–H and O–H groups in total. The number of benzene rings is 2. The number of furan rings is 1. The van der Waals surface area contributed by atoms with Crippen molar-refractivity contribution < 1.29 is 28.3 Å². The molecule has 1 amide bonds. The van der Waals surface area contributed by atoms with Crippen LogP contribution in [0.2, 0.25) is 0 Å². The maximum atomic E-state index is 13.9. The number of Topliss-reactive ketones (excluding diaryl/α,β-unsaturated/α-hetero) is 1. The van der Waals surface area contributed by atoms with E-state index in [0.717, 1.165) is 43.2 Å². The van der Waals surface area contributed by atoms with Gasteiger partial charge < -0.3 is 14.4 Å². The molecule has 2 aliphatic rings. The van der Waals surface area contributed by atoms with Crippen LogP contribution in [-0.4, -0.2) is 46.9 Å².